The molecule has 21 N–H and O–H groups in total. The van der Waals surface area contributed by atoms with Crippen molar-refractivity contribution in [3.63, 3.8) is 0 Å². The van der Waals surface area contributed by atoms with Gasteiger partial charge in [-0.05, 0) is 0 Å². The summed E-state index contributed by atoms with van der Waals surface area (Å²) in [6, 6.07) is 0. The molecule has 0 radical (unpaired) electrons. The zero-order valence-corrected chi connectivity index (χ0v) is 40.3. The van der Waals surface area contributed by atoms with Crippen molar-refractivity contribution in [2.24, 2.45) is 0 Å². The Balaban J connectivity index is 1.08. The lowest BCUT2D eigenvalue weighted by atomic mass is 9.95. The standard InChI is InChI=1S/C42H70O35/c43-1-8-29-15(50)22(57)36(64-8)72-30-9(2-44)66-38(24(59)17(30)52)74-32-11(4-46)68-40(26(61)19(32)54)76-34-13(6-48)70-42(28(63)21(34)56)77-35-14(7-49)69-41(27(62)20(35)55)75-33-12(5-47)67-39(25(60)18(33)53)73-31-10(3-45)65-37(71-29)23(58)16(31)51/h8-63H,1-7H2/t8-,9-,10-,11-,12-,13-,14-,15-,16-,17-,18-,19+,20+,21-,22-,23-,24-,25-,26+,27+,28-,29-,30-,31-,32-,33-,34-,35-,36-,37-,38-,39-,40-,41-,42-/m1/s1. The van der Waals surface area contributed by atoms with Crippen LogP contribution in [0.3, 0.4) is 0 Å². The van der Waals surface area contributed by atoms with E-state index in [0.717, 1.165) is 0 Å². The van der Waals surface area contributed by atoms with Crippen molar-refractivity contribution >= 4 is 0 Å². The Morgan fingerprint density at radius 3 is 0.351 bits per heavy atom. The third-order valence-electron chi connectivity index (χ3n) is 14.8. The van der Waals surface area contributed by atoms with E-state index >= 15 is 0 Å². The van der Waals surface area contributed by atoms with Crippen LogP contribution in [0.4, 0.5) is 0 Å². The molecule has 0 spiro atoms. The van der Waals surface area contributed by atoms with Gasteiger partial charge in [-0.2, -0.15) is 0 Å². The summed E-state index contributed by atoms with van der Waals surface area (Å²) >= 11 is 0. The van der Waals surface area contributed by atoms with Gasteiger partial charge in [0.25, 0.3) is 0 Å². The molecule has 35 atom stereocenters. The van der Waals surface area contributed by atoms with Gasteiger partial charge >= 0.3 is 0 Å². The largest absolute Gasteiger partial charge is 0.394 e. The maximum atomic E-state index is 11.3. The molecule has 448 valence electrons. The van der Waals surface area contributed by atoms with E-state index in [2.05, 4.69) is 0 Å². The zero-order valence-electron chi connectivity index (χ0n) is 40.3. The van der Waals surface area contributed by atoms with Crippen molar-refractivity contribution in [2.75, 3.05) is 46.2 Å². The van der Waals surface area contributed by atoms with Crippen LogP contribution in [0.5, 0.6) is 0 Å². The molecule has 21 saturated heterocycles. The van der Waals surface area contributed by atoms with Crippen molar-refractivity contribution in [3.8, 4) is 0 Å². The van der Waals surface area contributed by atoms with Crippen molar-refractivity contribution in [3.05, 3.63) is 0 Å². The highest BCUT2D eigenvalue weighted by molar-refractivity contribution is 5.01. The summed E-state index contributed by atoms with van der Waals surface area (Å²) in [5, 5.41) is 230. The molecular formula is C42H70O35. The second-order valence-electron chi connectivity index (χ2n) is 19.7. The molecule has 21 rings (SSSR count). The molecule has 14 bridgehead atoms. The van der Waals surface area contributed by atoms with Crippen LogP contribution in [-0.2, 0) is 66.3 Å². The summed E-state index contributed by atoms with van der Waals surface area (Å²) in [6.45, 7) is -7.33. The second-order valence-corrected chi connectivity index (χ2v) is 19.7. The molecule has 35 nitrogen and oxygen atoms in total. The van der Waals surface area contributed by atoms with Gasteiger partial charge in [-0.25, -0.2) is 0 Å². The molecule has 21 aliphatic rings. The predicted molar refractivity (Wildman–Crippen MR) is 228 cm³/mol. The minimum Gasteiger partial charge on any atom is -0.394 e. The Kier molecular flexibility index (Phi) is 20.8. The van der Waals surface area contributed by atoms with Crippen LogP contribution in [-0.4, -0.2) is 368 Å². The maximum Gasteiger partial charge on any atom is 0.187 e. The summed E-state index contributed by atoms with van der Waals surface area (Å²) in [5.74, 6) is 0. The fourth-order valence-electron chi connectivity index (χ4n) is 10.4. The Morgan fingerprint density at radius 1 is 0.156 bits per heavy atom. The summed E-state index contributed by atoms with van der Waals surface area (Å²) in [4.78, 5) is 0. The Hall–Kier alpha value is -1.40. The molecule has 77 heavy (non-hydrogen) atoms. The highest BCUT2D eigenvalue weighted by atomic mass is 16.8. The minimum absolute atomic E-state index is 1.05. The van der Waals surface area contributed by atoms with Crippen molar-refractivity contribution in [1.82, 2.24) is 0 Å². The van der Waals surface area contributed by atoms with E-state index in [-0.39, 0.29) is 0 Å². The van der Waals surface area contributed by atoms with Gasteiger partial charge in [-0.3, -0.25) is 0 Å². The third-order valence-corrected chi connectivity index (χ3v) is 14.8. The number of ether oxygens (including phenoxy) is 14. The zero-order chi connectivity index (χ0) is 56.1. The van der Waals surface area contributed by atoms with E-state index in [1.54, 1.807) is 0 Å². The highest BCUT2D eigenvalue weighted by Crippen LogP contribution is 2.39. The second kappa shape index (κ2) is 26.0. The molecule has 0 unspecified atom stereocenters. The molecule has 21 fully saturated rings. The predicted octanol–water partition coefficient (Wildman–Crippen LogP) is -15.2. The van der Waals surface area contributed by atoms with Crippen LogP contribution < -0.4 is 0 Å². The Bertz CT molecular complexity index is 1470. The lowest BCUT2D eigenvalue weighted by molar-refractivity contribution is -0.396. The van der Waals surface area contributed by atoms with Gasteiger partial charge in [0.05, 0.1) is 46.2 Å². The molecule has 0 saturated carbocycles. The van der Waals surface area contributed by atoms with Gasteiger partial charge < -0.3 is 174 Å². The lowest BCUT2D eigenvalue weighted by Gasteiger charge is -2.50. The summed E-state index contributed by atoms with van der Waals surface area (Å²) in [5.41, 5.74) is 0. The molecule has 0 aromatic rings. The van der Waals surface area contributed by atoms with Crippen LogP contribution in [0.25, 0.3) is 0 Å². The first-order chi connectivity index (χ1) is 36.7. The number of aliphatic hydroxyl groups excluding tert-OH is 21. The lowest BCUT2D eigenvalue weighted by Crippen LogP contribution is -2.68. The van der Waals surface area contributed by atoms with Crippen LogP contribution in [0.15, 0.2) is 0 Å². The quantitative estimate of drug-likeness (QED) is 0.113. The van der Waals surface area contributed by atoms with Gasteiger partial charge in [-0.1, -0.05) is 0 Å². The normalized spacial score (nSPS) is 55.4. The van der Waals surface area contributed by atoms with E-state index < -0.39 is 261 Å². The third kappa shape index (κ3) is 12.1. The van der Waals surface area contributed by atoms with E-state index in [0.29, 0.717) is 0 Å². The summed E-state index contributed by atoms with van der Waals surface area (Å²) < 4.78 is 79.5. The molecule has 21 heterocycles. The number of hydrogen-bond acceptors (Lipinski definition) is 35. The molecular weight excluding hydrogens is 1060 g/mol. The summed E-state index contributed by atoms with van der Waals surface area (Å²) in [7, 11) is 0. The van der Waals surface area contributed by atoms with Gasteiger partial charge in [-0.15, -0.1) is 0 Å². The monoisotopic (exact) mass is 1130 g/mol. The maximum absolute atomic E-state index is 11.3. The van der Waals surface area contributed by atoms with Crippen molar-refractivity contribution in [1.29, 1.82) is 0 Å². The first kappa shape index (κ1) is 61.7. The molecule has 21 aliphatic heterocycles. The van der Waals surface area contributed by atoms with Crippen LogP contribution >= 0.6 is 0 Å². The summed E-state index contributed by atoms with van der Waals surface area (Å²) in [6.07, 6.45) is -70.2. The van der Waals surface area contributed by atoms with Gasteiger partial charge in [0, 0.05) is 0 Å². The minimum atomic E-state index is -2.21. The average molecular weight is 1130 g/mol. The highest BCUT2D eigenvalue weighted by Gasteiger charge is 2.59. The average Bonchev–Trinajstić information content (AvgIpc) is 3.45. The molecule has 0 amide bonds. The fourth-order valence-corrected chi connectivity index (χ4v) is 10.4. The van der Waals surface area contributed by atoms with Crippen LogP contribution in [0, 0.1) is 0 Å². The van der Waals surface area contributed by atoms with Crippen LogP contribution in [0.1, 0.15) is 0 Å². The molecule has 35 heteroatoms. The van der Waals surface area contributed by atoms with E-state index in [4.69, 9.17) is 66.3 Å². The van der Waals surface area contributed by atoms with Crippen molar-refractivity contribution < 1.29 is 174 Å². The smallest absolute Gasteiger partial charge is 0.187 e. The molecule has 0 aromatic carbocycles. The van der Waals surface area contributed by atoms with Crippen LogP contribution in [0.2, 0.25) is 0 Å². The first-order valence-corrected chi connectivity index (χ1v) is 24.6. The van der Waals surface area contributed by atoms with Gasteiger partial charge in [0.1, 0.15) is 171 Å². The molecule has 0 aliphatic carbocycles. The fraction of sp³-hybridized carbons (Fsp3) is 1.00. The topological polar surface area (TPSA) is 554 Å². The van der Waals surface area contributed by atoms with Gasteiger partial charge in [0.15, 0.2) is 44.0 Å². The number of aliphatic hydroxyl groups is 21. The van der Waals surface area contributed by atoms with Gasteiger partial charge in [0.2, 0.25) is 0 Å². The van der Waals surface area contributed by atoms with E-state index in [9.17, 15) is 107 Å². The van der Waals surface area contributed by atoms with Crippen molar-refractivity contribution in [2.45, 2.75) is 215 Å². The Morgan fingerprint density at radius 2 is 0.260 bits per heavy atom. The Labute approximate surface area is 434 Å². The molecule has 0 aromatic heterocycles. The number of rotatable bonds is 7. The first-order valence-electron chi connectivity index (χ1n) is 24.6. The number of hydrogen-bond donors (Lipinski definition) is 21. The van der Waals surface area contributed by atoms with E-state index in [1.165, 1.54) is 0 Å². The van der Waals surface area contributed by atoms with E-state index in [1.807, 2.05) is 0 Å². The SMILES string of the molecule is OC[C@H]1O[C@@H]2O[C@H]3[C@H](O)[C@@H](O)[C@@H](O[C@H]4[C@H](O)[C@@H](O)[C@@H](O[C@H]5[C@H](O)[C@@H](O)[C@@H](O[C@H]6[C@@H](O)[C@H](O)[C@@H](O[C@H]7[C@H](O)[C@@H](O)[C@@H](O[C@H]8[C@@H](O)[C@H](O)[C@@H](O[C@H]1[C@H](O)[C@H]2O)O[C@@H]8CO)O[C@@H]7CO)O[C@@H]6CO)O[C@@H]5CO)O[C@@H]4CO)O[C@@H]3CO.